The second kappa shape index (κ2) is 4.31. The van der Waals surface area contributed by atoms with Gasteiger partial charge in [-0.15, -0.1) is 0 Å². The fraction of sp³-hybridized carbons (Fsp3) is 0.300. The lowest BCUT2D eigenvalue weighted by molar-refractivity contribution is 1.11. The van der Waals surface area contributed by atoms with Crippen molar-refractivity contribution >= 4 is 18.7 Å². The monoisotopic (exact) mass is 179 g/mol. The number of aromatic nitrogens is 1. The zero-order valence-corrected chi connectivity index (χ0v) is 8.31. The molecule has 0 N–H and O–H groups in total. The minimum Gasteiger partial charge on any atom is -0.258 e. The van der Waals surface area contributed by atoms with Gasteiger partial charge in [-0.25, -0.2) is 0 Å². The van der Waals surface area contributed by atoms with Crippen molar-refractivity contribution in [3.8, 4) is 0 Å². The second-order valence-electron chi connectivity index (χ2n) is 2.71. The van der Waals surface area contributed by atoms with Crippen molar-refractivity contribution in [2.75, 3.05) is 5.75 Å². The Morgan fingerprint density at radius 2 is 2.17 bits per heavy atom. The molecule has 0 unspecified atom stereocenters. The van der Waals surface area contributed by atoms with E-state index in [0.717, 1.165) is 17.1 Å². The molecule has 0 bridgehead atoms. The minimum atomic E-state index is 0.771. The highest BCUT2D eigenvalue weighted by molar-refractivity contribution is 7.80. The Hall–Kier alpha value is -0.760. The molecule has 0 amide bonds. The summed E-state index contributed by atoms with van der Waals surface area (Å²) in [5, 5.41) is 0. The van der Waals surface area contributed by atoms with Crippen LogP contribution in [0.3, 0.4) is 0 Å². The van der Waals surface area contributed by atoms with E-state index in [0.29, 0.717) is 0 Å². The van der Waals surface area contributed by atoms with Crippen LogP contribution in [0.5, 0.6) is 0 Å². The SMILES string of the molecule is Cc1ccc(C=CCS)c(C)n1. The Bertz CT molecular complexity index is 292. The maximum Gasteiger partial charge on any atom is 0.0447 e. The van der Waals surface area contributed by atoms with Crippen LogP contribution in [0, 0.1) is 13.8 Å². The normalized spacial score (nSPS) is 10.9. The predicted molar refractivity (Wildman–Crippen MR) is 56.6 cm³/mol. The molecule has 1 rings (SSSR count). The summed E-state index contributed by atoms with van der Waals surface area (Å²) in [4.78, 5) is 4.35. The van der Waals surface area contributed by atoms with E-state index in [2.05, 4.69) is 29.8 Å². The molecule has 0 aliphatic heterocycles. The summed E-state index contributed by atoms with van der Waals surface area (Å²) in [6.45, 7) is 4.02. The number of hydrogen-bond acceptors (Lipinski definition) is 2. The van der Waals surface area contributed by atoms with E-state index >= 15 is 0 Å². The van der Waals surface area contributed by atoms with Crippen LogP contribution in [0.15, 0.2) is 18.2 Å². The smallest absolute Gasteiger partial charge is 0.0447 e. The zero-order chi connectivity index (χ0) is 8.97. The molecule has 0 saturated carbocycles. The molecule has 0 fully saturated rings. The second-order valence-corrected chi connectivity index (χ2v) is 3.08. The lowest BCUT2D eigenvalue weighted by atomic mass is 10.2. The topological polar surface area (TPSA) is 12.9 Å². The molecule has 0 aliphatic carbocycles. The van der Waals surface area contributed by atoms with Crippen molar-refractivity contribution in [3.05, 3.63) is 35.2 Å². The van der Waals surface area contributed by atoms with E-state index in [1.807, 2.05) is 26.0 Å². The molecule has 1 heterocycles. The molecule has 64 valence electrons. The summed E-state index contributed by atoms with van der Waals surface area (Å²) < 4.78 is 0. The van der Waals surface area contributed by atoms with Crippen molar-refractivity contribution in [1.29, 1.82) is 0 Å². The molecule has 0 aliphatic rings. The maximum absolute atomic E-state index is 4.35. The number of hydrogen-bond donors (Lipinski definition) is 1. The number of thiol groups is 1. The highest BCUT2D eigenvalue weighted by Crippen LogP contribution is 2.08. The summed E-state index contributed by atoms with van der Waals surface area (Å²) in [5.74, 6) is 0.771. The molecule has 0 saturated heterocycles. The van der Waals surface area contributed by atoms with Crippen LogP contribution in [0.4, 0.5) is 0 Å². The van der Waals surface area contributed by atoms with E-state index in [1.165, 1.54) is 5.56 Å². The Morgan fingerprint density at radius 3 is 2.75 bits per heavy atom. The third-order valence-corrected chi connectivity index (χ3v) is 1.88. The molecular weight excluding hydrogens is 166 g/mol. The average molecular weight is 179 g/mol. The first kappa shape index (κ1) is 9.33. The summed E-state index contributed by atoms with van der Waals surface area (Å²) in [5.41, 5.74) is 3.32. The van der Waals surface area contributed by atoms with Crippen LogP contribution in [0.25, 0.3) is 6.08 Å². The Morgan fingerprint density at radius 1 is 1.42 bits per heavy atom. The fourth-order valence-electron chi connectivity index (χ4n) is 1.05. The van der Waals surface area contributed by atoms with Gasteiger partial charge in [0.05, 0.1) is 0 Å². The van der Waals surface area contributed by atoms with E-state index in [9.17, 15) is 0 Å². The molecule has 0 aromatic carbocycles. The highest BCUT2D eigenvalue weighted by Gasteiger charge is 1.94. The van der Waals surface area contributed by atoms with Crippen molar-refractivity contribution in [2.24, 2.45) is 0 Å². The summed E-state index contributed by atoms with van der Waals surface area (Å²) in [7, 11) is 0. The standard InChI is InChI=1S/C10H13NS/c1-8-5-6-10(4-3-7-12)9(2)11-8/h3-6,12H,7H2,1-2H3. The van der Waals surface area contributed by atoms with E-state index in [4.69, 9.17) is 0 Å². The highest BCUT2D eigenvalue weighted by atomic mass is 32.1. The van der Waals surface area contributed by atoms with Gasteiger partial charge in [-0.05, 0) is 25.5 Å². The first-order valence-corrected chi connectivity index (χ1v) is 4.59. The maximum atomic E-state index is 4.35. The quantitative estimate of drug-likeness (QED) is 0.689. The molecular formula is C10H13NS. The minimum absolute atomic E-state index is 0.771. The van der Waals surface area contributed by atoms with Gasteiger partial charge in [-0.1, -0.05) is 18.2 Å². The van der Waals surface area contributed by atoms with Crippen molar-refractivity contribution < 1.29 is 0 Å². The molecule has 1 aromatic rings. The van der Waals surface area contributed by atoms with Gasteiger partial charge in [-0.2, -0.15) is 12.6 Å². The molecule has 0 spiro atoms. The van der Waals surface area contributed by atoms with Crippen LogP contribution in [-0.4, -0.2) is 10.7 Å². The van der Waals surface area contributed by atoms with Gasteiger partial charge >= 0.3 is 0 Å². The summed E-state index contributed by atoms with van der Waals surface area (Å²) >= 11 is 4.10. The first-order valence-electron chi connectivity index (χ1n) is 3.95. The molecule has 12 heavy (non-hydrogen) atoms. The summed E-state index contributed by atoms with van der Waals surface area (Å²) in [6, 6.07) is 4.10. The van der Waals surface area contributed by atoms with Crippen LogP contribution >= 0.6 is 12.6 Å². The lowest BCUT2D eigenvalue weighted by Crippen LogP contribution is -1.88. The first-order chi connectivity index (χ1) is 5.74. The van der Waals surface area contributed by atoms with Gasteiger partial charge in [-0.3, -0.25) is 4.98 Å². The van der Waals surface area contributed by atoms with Crippen LogP contribution in [0.2, 0.25) is 0 Å². The number of nitrogens with zero attached hydrogens (tertiary/aromatic N) is 1. The molecule has 1 nitrogen and oxygen atoms in total. The lowest BCUT2D eigenvalue weighted by Gasteiger charge is -1.99. The van der Waals surface area contributed by atoms with E-state index < -0.39 is 0 Å². The van der Waals surface area contributed by atoms with Crippen LogP contribution < -0.4 is 0 Å². The third-order valence-electron chi connectivity index (χ3n) is 1.67. The van der Waals surface area contributed by atoms with Gasteiger partial charge in [0, 0.05) is 17.1 Å². The van der Waals surface area contributed by atoms with Crippen molar-refractivity contribution in [3.63, 3.8) is 0 Å². The Labute approximate surface area is 78.9 Å². The zero-order valence-electron chi connectivity index (χ0n) is 7.41. The number of pyridine rings is 1. The third kappa shape index (κ3) is 2.38. The van der Waals surface area contributed by atoms with Gasteiger partial charge < -0.3 is 0 Å². The molecule has 2 heteroatoms. The molecule has 1 aromatic heterocycles. The Balaban J connectivity index is 2.94. The van der Waals surface area contributed by atoms with Gasteiger partial charge in [0.2, 0.25) is 0 Å². The average Bonchev–Trinajstić information content (AvgIpc) is 2.03. The Kier molecular flexibility index (Phi) is 3.35. The largest absolute Gasteiger partial charge is 0.258 e. The van der Waals surface area contributed by atoms with Crippen LogP contribution in [0.1, 0.15) is 17.0 Å². The number of aryl methyl sites for hydroxylation is 2. The van der Waals surface area contributed by atoms with Crippen molar-refractivity contribution in [2.45, 2.75) is 13.8 Å². The number of rotatable bonds is 2. The predicted octanol–water partition coefficient (Wildman–Crippen LogP) is 2.64. The van der Waals surface area contributed by atoms with Gasteiger partial charge in [0.25, 0.3) is 0 Å². The molecule has 0 atom stereocenters. The van der Waals surface area contributed by atoms with Gasteiger partial charge in [0.15, 0.2) is 0 Å². The van der Waals surface area contributed by atoms with Crippen molar-refractivity contribution in [1.82, 2.24) is 4.98 Å². The van der Waals surface area contributed by atoms with E-state index in [1.54, 1.807) is 0 Å². The van der Waals surface area contributed by atoms with Gasteiger partial charge in [0.1, 0.15) is 0 Å². The van der Waals surface area contributed by atoms with E-state index in [-0.39, 0.29) is 0 Å². The summed E-state index contributed by atoms with van der Waals surface area (Å²) in [6.07, 6.45) is 4.07. The fourth-order valence-corrected chi connectivity index (χ4v) is 1.16. The van der Waals surface area contributed by atoms with Crippen LogP contribution in [-0.2, 0) is 0 Å². The molecule has 0 radical (unpaired) electrons.